The predicted molar refractivity (Wildman–Crippen MR) is 76.9 cm³/mol. The number of carboxylic acids is 1. The lowest BCUT2D eigenvalue weighted by Crippen LogP contribution is -2.06. The van der Waals surface area contributed by atoms with Crippen LogP contribution >= 0.6 is 11.6 Å². The number of ketones is 1. The van der Waals surface area contributed by atoms with E-state index in [-0.39, 0.29) is 52.9 Å². The molecule has 0 saturated heterocycles. The molecule has 116 valence electrons. The lowest BCUT2D eigenvalue weighted by molar-refractivity contribution is -0.137. The van der Waals surface area contributed by atoms with E-state index in [0.29, 0.717) is 0 Å². The van der Waals surface area contributed by atoms with E-state index in [9.17, 15) is 9.59 Å². The van der Waals surface area contributed by atoms with Gasteiger partial charge in [-0.15, -0.1) is 0 Å². The van der Waals surface area contributed by atoms with Crippen molar-refractivity contribution < 1.29 is 28.9 Å². The molecule has 0 radical (unpaired) electrons. The first-order valence-electron chi connectivity index (χ1n) is 6.19. The van der Waals surface area contributed by atoms with E-state index < -0.39 is 5.97 Å². The molecule has 0 fully saturated rings. The van der Waals surface area contributed by atoms with Gasteiger partial charge in [-0.25, -0.2) is 0 Å². The van der Waals surface area contributed by atoms with Crippen LogP contribution in [0.25, 0.3) is 0 Å². The quantitative estimate of drug-likeness (QED) is 0.743. The minimum absolute atomic E-state index is 0.0743. The van der Waals surface area contributed by atoms with Gasteiger partial charge in [-0.3, -0.25) is 9.59 Å². The molecule has 1 rings (SSSR count). The van der Waals surface area contributed by atoms with Crippen molar-refractivity contribution in [3.8, 4) is 17.2 Å². The van der Waals surface area contributed by atoms with Crippen LogP contribution in [0.4, 0.5) is 0 Å². The van der Waals surface area contributed by atoms with Gasteiger partial charge >= 0.3 is 5.97 Å². The number of benzene rings is 1. The Hall–Kier alpha value is -1.95. The second kappa shape index (κ2) is 7.73. The summed E-state index contributed by atoms with van der Waals surface area (Å²) in [6.07, 6.45) is 0.243. The zero-order valence-corrected chi connectivity index (χ0v) is 12.8. The Morgan fingerprint density at radius 2 is 1.62 bits per heavy atom. The molecule has 0 bridgehead atoms. The molecule has 1 aromatic rings. The first-order chi connectivity index (χ1) is 9.96. The molecule has 0 saturated carbocycles. The third kappa shape index (κ3) is 4.01. The second-order valence-corrected chi connectivity index (χ2v) is 4.58. The van der Waals surface area contributed by atoms with E-state index >= 15 is 0 Å². The standard InChI is InChI=1S/C14H17ClO6/c1-19-12-8(10(16)5-4-6-11(17)18)7-9(15)13(20-2)14(12)21-3/h7H,4-6H2,1-3H3,(H,17,18). The van der Waals surface area contributed by atoms with Crippen molar-refractivity contribution in [3.05, 3.63) is 16.7 Å². The average molecular weight is 317 g/mol. The Labute approximate surface area is 127 Å². The van der Waals surface area contributed by atoms with E-state index in [1.54, 1.807) is 0 Å². The van der Waals surface area contributed by atoms with Crippen LogP contribution in [0.3, 0.4) is 0 Å². The molecular formula is C14H17ClO6. The number of carboxylic acid groups (broad SMARTS) is 1. The van der Waals surface area contributed by atoms with Crippen LogP contribution in [0.2, 0.25) is 5.02 Å². The van der Waals surface area contributed by atoms with Crippen LogP contribution in [0, 0.1) is 0 Å². The minimum atomic E-state index is -0.944. The number of halogens is 1. The average Bonchev–Trinajstić information content (AvgIpc) is 2.45. The van der Waals surface area contributed by atoms with E-state index in [4.69, 9.17) is 30.9 Å². The Bertz CT molecular complexity index is 541. The van der Waals surface area contributed by atoms with Crippen LogP contribution in [0.15, 0.2) is 6.07 Å². The molecule has 0 amide bonds. The summed E-state index contributed by atoms with van der Waals surface area (Å²) in [5.74, 6) is -0.484. The maximum atomic E-state index is 12.2. The van der Waals surface area contributed by atoms with Gasteiger partial charge in [0.05, 0.1) is 31.9 Å². The van der Waals surface area contributed by atoms with Crippen molar-refractivity contribution in [2.24, 2.45) is 0 Å². The number of methoxy groups -OCH3 is 3. The minimum Gasteiger partial charge on any atom is -0.492 e. The number of carbonyl (C=O) groups excluding carboxylic acids is 1. The van der Waals surface area contributed by atoms with E-state index in [0.717, 1.165) is 0 Å². The Kier molecular flexibility index (Phi) is 6.30. The highest BCUT2D eigenvalue weighted by Crippen LogP contribution is 2.45. The number of hydrogen-bond acceptors (Lipinski definition) is 5. The lowest BCUT2D eigenvalue weighted by Gasteiger charge is -2.16. The number of hydrogen-bond donors (Lipinski definition) is 1. The summed E-state index contributed by atoms with van der Waals surface area (Å²) in [7, 11) is 4.24. The van der Waals surface area contributed by atoms with Crippen molar-refractivity contribution in [2.45, 2.75) is 19.3 Å². The summed E-state index contributed by atoms with van der Waals surface area (Å²) in [5, 5.41) is 8.82. The Morgan fingerprint density at radius 1 is 1.05 bits per heavy atom. The largest absolute Gasteiger partial charge is 0.492 e. The van der Waals surface area contributed by atoms with Gasteiger partial charge in [0, 0.05) is 12.8 Å². The van der Waals surface area contributed by atoms with E-state index in [1.165, 1.54) is 27.4 Å². The molecule has 1 N–H and O–H groups in total. The smallest absolute Gasteiger partial charge is 0.303 e. The number of carbonyl (C=O) groups is 2. The van der Waals surface area contributed by atoms with Crippen molar-refractivity contribution in [3.63, 3.8) is 0 Å². The third-order valence-electron chi connectivity index (χ3n) is 2.85. The highest BCUT2D eigenvalue weighted by atomic mass is 35.5. The van der Waals surface area contributed by atoms with Gasteiger partial charge in [-0.1, -0.05) is 11.6 Å². The first-order valence-corrected chi connectivity index (χ1v) is 6.57. The number of rotatable bonds is 8. The van der Waals surface area contributed by atoms with Gasteiger partial charge in [0.15, 0.2) is 17.3 Å². The van der Waals surface area contributed by atoms with Crippen molar-refractivity contribution in [1.29, 1.82) is 0 Å². The van der Waals surface area contributed by atoms with Crippen LogP contribution in [0.5, 0.6) is 17.2 Å². The van der Waals surface area contributed by atoms with Gasteiger partial charge in [0.1, 0.15) is 0 Å². The fraction of sp³-hybridized carbons (Fsp3) is 0.429. The lowest BCUT2D eigenvalue weighted by atomic mass is 10.0. The highest BCUT2D eigenvalue weighted by molar-refractivity contribution is 6.33. The monoisotopic (exact) mass is 316 g/mol. The molecule has 1 aromatic carbocycles. The summed E-state index contributed by atoms with van der Waals surface area (Å²) >= 11 is 6.06. The van der Waals surface area contributed by atoms with Crippen LogP contribution in [-0.2, 0) is 4.79 Å². The SMILES string of the molecule is COc1c(Cl)cc(C(=O)CCCC(=O)O)c(OC)c1OC. The molecular weight excluding hydrogens is 300 g/mol. The van der Waals surface area contributed by atoms with E-state index in [1.807, 2.05) is 0 Å². The number of Topliss-reactive ketones (excluding diaryl/α,β-unsaturated/α-hetero) is 1. The third-order valence-corrected chi connectivity index (χ3v) is 3.13. The number of aliphatic carboxylic acids is 1. The van der Waals surface area contributed by atoms with Gasteiger partial charge in [-0.2, -0.15) is 0 Å². The zero-order chi connectivity index (χ0) is 16.0. The maximum Gasteiger partial charge on any atom is 0.303 e. The zero-order valence-electron chi connectivity index (χ0n) is 12.1. The molecule has 0 aromatic heterocycles. The summed E-state index contributed by atoms with van der Waals surface area (Å²) < 4.78 is 15.5. The molecule has 6 nitrogen and oxygen atoms in total. The summed E-state index contributed by atoms with van der Waals surface area (Å²) in [6, 6.07) is 1.44. The highest BCUT2D eigenvalue weighted by Gasteiger charge is 2.23. The molecule has 21 heavy (non-hydrogen) atoms. The van der Waals surface area contributed by atoms with Gasteiger partial charge < -0.3 is 19.3 Å². The molecule has 0 heterocycles. The first kappa shape index (κ1) is 17.1. The van der Waals surface area contributed by atoms with Crippen LogP contribution < -0.4 is 14.2 Å². The Balaban J connectivity index is 3.14. The van der Waals surface area contributed by atoms with Gasteiger partial charge in [0.2, 0.25) is 5.75 Å². The molecule has 0 aliphatic rings. The molecule has 0 unspecified atom stereocenters. The number of ether oxygens (including phenoxy) is 3. The van der Waals surface area contributed by atoms with Gasteiger partial charge in [0.25, 0.3) is 0 Å². The molecule has 0 aliphatic carbocycles. The maximum absolute atomic E-state index is 12.2. The molecule has 0 atom stereocenters. The second-order valence-electron chi connectivity index (χ2n) is 4.18. The van der Waals surface area contributed by atoms with Crippen molar-refractivity contribution in [2.75, 3.05) is 21.3 Å². The van der Waals surface area contributed by atoms with Crippen molar-refractivity contribution in [1.82, 2.24) is 0 Å². The summed E-state index contributed by atoms with van der Waals surface area (Å²) in [4.78, 5) is 22.7. The fourth-order valence-electron chi connectivity index (χ4n) is 1.91. The van der Waals surface area contributed by atoms with Crippen LogP contribution in [0.1, 0.15) is 29.6 Å². The predicted octanol–water partition coefficient (Wildman–Crippen LogP) is 2.80. The van der Waals surface area contributed by atoms with Crippen molar-refractivity contribution >= 4 is 23.4 Å². The molecule has 7 heteroatoms. The summed E-state index contributed by atoms with van der Waals surface area (Å²) in [5.41, 5.74) is 0.241. The fourth-order valence-corrected chi connectivity index (χ4v) is 2.18. The normalized spacial score (nSPS) is 10.1. The van der Waals surface area contributed by atoms with Crippen LogP contribution in [-0.4, -0.2) is 38.2 Å². The molecule has 0 spiro atoms. The molecule has 0 aliphatic heterocycles. The van der Waals surface area contributed by atoms with Gasteiger partial charge in [-0.05, 0) is 12.5 Å². The summed E-state index contributed by atoms with van der Waals surface area (Å²) in [6.45, 7) is 0. The Morgan fingerprint density at radius 3 is 2.10 bits per heavy atom. The van der Waals surface area contributed by atoms with E-state index in [2.05, 4.69) is 0 Å². The topological polar surface area (TPSA) is 82.1 Å².